The highest BCUT2D eigenvalue weighted by molar-refractivity contribution is 5.79. The molecule has 0 aromatic carbocycles. The number of pyridine rings is 2. The van der Waals surface area contributed by atoms with E-state index in [-0.39, 0.29) is 6.54 Å². The summed E-state index contributed by atoms with van der Waals surface area (Å²) in [6.07, 6.45) is 5.60. The highest BCUT2D eigenvalue weighted by Gasteiger charge is 2.15. The monoisotopic (exact) mass is 332 g/mol. The normalized spacial score (nSPS) is 11.1. The molecule has 4 aromatic heterocycles. The summed E-state index contributed by atoms with van der Waals surface area (Å²) in [6, 6.07) is 9.81. The SMILES string of the molecule is Cc1cccc(-c2nn(C)cc2-c2ccc3ncc(CN=O)n3c2)n1. The van der Waals surface area contributed by atoms with Crippen molar-refractivity contribution in [1.82, 2.24) is 24.1 Å². The number of rotatable bonds is 4. The van der Waals surface area contributed by atoms with Crippen molar-refractivity contribution in [3.05, 3.63) is 65.2 Å². The first kappa shape index (κ1) is 15.2. The summed E-state index contributed by atoms with van der Waals surface area (Å²) in [7, 11) is 1.89. The number of nitroso groups, excluding NO2 is 1. The number of fused-ring (bicyclic) bond motifs is 1. The highest BCUT2D eigenvalue weighted by atomic mass is 16.3. The van der Waals surface area contributed by atoms with Gasteiger partial charge in [0, 0.05) is 36.3 Å². The Balaban J connectivity index is 1.89. The van der Waals surface area contributed by atoms with Crippen LogP contribution < -0.4 is 0 Å². The van der Waals surface area contributed by atoms with E-state index in [1.807, 2.05) is 61.1 Å². The van der Waals surface area contributed by atoms with E-state index in [1.54, 1.807) is 10.9 Å². The fourth-order valence-electron chi connectivity index (χ4n) is 2.94. The van der Waals surface area contributed by atoms with E-state index in [9.17, 15) is 4.91 Å². The largest absolute Gasteiger partial charge is 0.301 e. The van der Waals surface area contributed by atoms with Gasteiger partial charge in [-0.25, -0.2) is 4.98 Å². The zero-order valence-electron chi connectivity index (χ0n) is 13.9. The summed E-state index contributed by atoms with van der Waals surface area (Å²) in [6.45, 7) is 2.05. The molecule has 0 bridgehead atoms. The lowest BCUT2D eigenvalue weighted by Crippen LogP contribution is -1.93. The number of aryl methyl sites for hydroxylation is 2. The molecule has 0 aliphatic rings. The summed E-state index contributed by atoms with van der Waals surface area (Å²) < 4.78 is 3.66. The van der Waals surface area contributed by atoms with E-state index in [1.165, 1.54) is 0 Å². The van der Waals surface area contributed by atoms with E-state index in [0.29, 0.717) is 0 Å². The molecule has 25 heavy (non-hydrogen) atoms. The Hall–Kier alpha value is -3.35. The van der Waals surface area contributed by atoms with Crippen molar-refractivity contribution in [1.29, 1.82) is 0 Å². The maximum Gasteiger partial charge on any atom is 0.136 e. The molecule has 0 radical (unpaired) electrons. The van der Waals surface area contributed by atoms with Crippen LogP contribution in [0, 0.1) is 11.8 Å². The van der Waals surface area contributed by atoms with Gasteiger partial charge in [0.05, 0.1) is 17.6 Å². The Bertz CT molecular complexity index is 1080. The van der Waals surface area contributed by atoms with Gasteiger partial charge in [-0.05, 0) is 31.2 Å². The molecule has 7 nitrogen and oxygen atoms in total. The van der Waals surface area contributed by atoms with Crippen molar-refractivity contribution in [2.24, 2.45) is 12.2 Å². The minimum atomic E-state index is 0.0873. The molecule has 124 valence electrons. The van der Waals surface area contributed by atoms with Crippen LogP contribution in [0.15, 0.2) is 54.1 Å². The molecular weight excluding hydrogens is 316 g/mol. The molecule has 7 heteroatoms. The Morgan fingerprint density at radius 3 is 2.84 bits per heavy atom. The lowest BCUT2D eigenvalue weighted by molar-refractivity contribution is 0.770. The predicted octanol–water partition coefficient (Wildman–Crippen LogP) is 3.37. The van der Waals surface area contributed by atoms with Crippen molar-refractivity contribution >= 4 is 5.65 Å². The first-order chi connectivity index (χ1) is 12.2. The van der Waals surface area contributed by atoms with Crippen LogP contribution in [0.1, 0.15) is 11.4 Å². The number of nitrogens with zero attached hydrogens (tertiary/aromatic N) is 6. The second-order valence-corrected chi connectivity index (χ2v) is 5.91. The molecule has 0 amide bonds. The van der Waals surface area contributed by atoms with Gasteiger partial charge in [-0.1, -0.05) is 11.2 Å². The molecule has 4 aromatic rings. The first-order valence-electron chi connectivity index (χ1n) is 7.89. The Morgan fingerprint density at radius 1 is 1.16 bits per heavy atom. The Labute approximate surface area is 143 Å². The lowest BCUT2D eigenvalue weighted by atomic mass is 10.1. The van der Waals surface area contributed by atoms with E-state index in [4.69, 9.17) is 0 Å². The van der Waals surface area contributed by atoms with Crippen LogP contribution in [-0.4, -0.2) is 24.1 Å². The van der Waals surface area contributed by atoms with Crippen LogP contribution in [0.5, 0.6) is 0 Å². The van der Waals surface area contributed by atoms with Crippen LogP contribution in [0.25, 0.3) is 28.2 Å². The average Bonchev–Trinajstić information content (AvgIpc) is 3.19. The Kier molecular flexibility index (Phi) is 3.61. The number of hydrogen-bond acceptors (Lipinski definition) is 5. The molecule has 0 fully saturated rings. The maximum absolute atomic E-state index is 10.6. The molecule has 0 aliphatic heterocycles. The third-order valence-corrected chi connectivity index (χ3v) is 4.08. The van der Waals surface area contributed by atoms with E-state index in [2.05, 4.69) is 20.2 Å². The fraction of sp³-hybridized carbons (Fsp3) is 0.167. The quantitative estimate of drug-likeness (QED) is 0.537. The Morgan fingerprint density at radius 2 is 2.04 bits per heavy atom. The maximum atomic E-state index is 10.6. The summed E-state index contributed by atoms with van der Waals surface area (Å²) in [5.41, 5.74) is 6.08. The average molecular weight is 332 g/mol. The van der Waals surface area contributed by atoms with Crippen LogP contribution in [0.4, 0.5) is 0 Å². The van der Waals surface area contributed by atoms with Crippen molar-refractivity contribution in [2.45, 2.75) is 13.5 Å². The second-order valence-electron chi connectivity index (χ2n) is 5.91. The van der Waals surface area contributed by atoms with Gasteiger partial charge in [-0.3, -0.25) is 9.67 Å². The van der Waals surface area contributed by atoms with E-state index >= 15 is 0 Å². The molecule has 0 aliphatic carbocycles. The topological polar surface area (TPSA) is 77.4 Å². The van der Waals surface area contributed by atoms with Crippen LogP contribution in [-0.2, 0) is 13.6 Å². The molecule has 0 saturated heterocycles. The minimum absolute atomic E-state index is 0.0873. The third-order valence-electron chi connectivity index (χ3n) is 4.08. The zero-order chi connectivity index (χ0) is 17.4. The van der Waals surface area contributed by atoms with Crippen LogP contribution >= 0.6 is 0 Å². The van der Waals surface area contributed by atoms with Gasteiger partial charge >= 0.3 is 0 Å². The standard InChI is InChI=1S/C18H16N6O/c1-12-4-3-5-16(21-12)18-15(11-23(2)22-18)13-6-7-17-19-8-14(9-20-25)24(17)10-13/h3-8,10-11H,9H2,1-2H3. The fourth-order valence-corrected chi connectivity index (χ4v) is 2.94. The van der Waals surface area contributed by atoms with Gasteiger partial charge in [0.15, 0.2) is 0 Å². The molecule has 0 spiro atoms. The molecule has 0 atom stereocenters. The number of imidazole rings is 1. The van der Waals surface area contributed by atoms with Crippen molar-refractivity contribution in [3.8, 4) is 22.5 Å². The molecule has 0 N–H and O–H groups in total. The van der Waals surface area contributed by atoms with Gasteiger partial charge in [-0.15, -0.1) is 0 Å². The predicted molar refractivity (Wildman–Crippen MR) is 94.9 cm³/mol. The van der Waals surface area contributed by atoms with Gasteiger partial charge in [0.25, 0.3) is 0 Å². The number of aromatic nitrogens is 5. The lowest BCUT2D eigenvalue weighted by Gasteiger charge is -2.05. The summed E-state index contributed by atoms with van der Waals surface area (Å²) >= 11 is 0. The highest BCUT2D eigenvalue weighted by Crippen LogP contribution is 2.30. The smallest absolute Gasteiger partial charge is 0.136 e. The first-order valence-corrected chi connectivity index (χ1v) is 7.89. The van der Waals surface area contributed by atoms with Crippen LogP contribution in [0.3, 0.4) is 0 Å². The molecule has 0 unspecified atom stereocenters. The van der Waals surface area contributed by atoms with Gasteiger partial charge < -0.3 is 4.40 Å². The van der Waals surface area contributed by atoms with Gasteiger partial charge in [0.1, 0.15) is 17.9 Å². The zero-order valence-corrected chi connectivity index (χ0v) is 13.9. The minimum Gasteiger partial charge on any atom is -0.301 e. The summed E-state index contributed by atoms with van der Waals surface area (Å²) in [5, 5.41) is 7.56. The van der Waals surface area contributed by atoms with Crippen molar-refractivity contribution in [2.75, 3.05) is 0 Å². The molecule has 4 rings (SSSR count). The van der Waals surface area contributed by atoms with Crippen molar-refractivity contribution in [3.63, 3.8) is 0 Å². The van der Waals surface area contributed by atoms with E-state index < -0.39 is 0 Å². The second kappa shape index (κ2) is 5.94. The van der Waals surface area contributed by atoms with Crippen molar-refractivity contribution < 1.29 is 0 Å². The van der Waals surface area contributed by atoms with E-state index in [0.717, 1.165) is 39.5 Å². The summed E-state index contributed by atoms with van der Waals surface area (Å²) in [4.78, 5) is 19.5. The van der Waals surface area contributed by atoms with Gasteiger partial charge in [0.2, 0.25) is 0 Å². The number of hydrogen-bond donors (Lipinski definition) is 0. The summed E-state index contributed by atoms with van der Waals surface area (Å²) in [5.74, 6) is 0. The molecule has 0 saturated carbocycles. The molecule has 4 heterocycles. The van der Waals surface area contributed by atoms with Crippen LogP contribution in [0.2, 0.25) is 0 Å². The van der Waals surface area contributed by atoms with Gasteiger partial charge in [-0.2, -0.15) is 10.0 Å². The molecular formula is C18H16N6O. The third kappa shape index (κ3) is 2.69.